The van der Waals surface area contributed by atoms with Crippen molar-refractivity contribution in [2.45, 2.75) is 20.0 Å². The average molecular weight is 507 g/mol. The molecular formula is C27H26N2O6S. The molecule has 0 atom stereocenters. The van der Waals surface area contributed by atoms with Crippen molar-refractivity contribution in [3.05, 3.63) is 82.7 Å². The van der Waals surface area contributed by atoms with Crippen LogP contribution in [0.4, 0.5) is 5.69 Å². The molecule has 0 N–H and O–H groups in total. The summed E-state index contributed by atoms with van der Waals surface area (Å²) in [4.78, 5) is 31.6. The van der Waals surface area contributed by atoms with E-state index in [0.717, 1.165) is 17.7 Å². The van der Waals surface area contributed by atoms with E-state index in [0.29, 0.717) is 33.9 Å². The number of esters is 1. The van der Waals surface area contributed by atoms with E-state index in [1.807, 2.05) is 49.4 Å². The molecule has 0 radical (unpaired) electrons. The van der Waals surface area contributed by atoms with Crippen molar-refractivity contribution in [1.82, 2.24) is 4.90 Å². The maximum atomic E-state index is 13.1. The summed E-state index contributed by atoms with van der Waals surface area (Å²) in [5, 5.41) is 0.663. The molecule has 2 heterocycles. The summed E-state index contributed by atoms with van der Waals surface area (Å²) >= 11 is 1.35. The third kappa shape index (κ3) is 5.80. The molecule has 1 fully saturated rings. The molecule has 8 nitrogen and oxygen atoms in total. The van der Waals surface area contributed by atoms with Gasteiger partial charge in [0.15, 0.2) is 16.7 Å². The van der Waals surface area contributed by atoms with Gasteiger partial charge in [-0.25, -0.2) is 9.79 Å². The van der Waals surface area contributed by atoms with Crippen LogP contribution in [-0.4, -0.2) is 42.7 Å². The first-order valence-corrected chi connectivity index (χ1v) is 12.2. The molecule has 1 aliphatic rings. The van der Waals surface area contributed by atoms with Crippen LogP contribution >= 0.6 is 11.8 Å². The number of hydrogen-bond acceptors (Lipinski definition) is 8. The third-order valence-electron chi connectivity index (χ3n) is 5.22. The zero-order chi connectivity index (χ0) is 25.5. The number of nitrogens with zero attached hydrogens (tertiary/aromatic N) is 2. The lowest BCUT2D eigenvalue weighted by atomic mass is 10.2. The monoisotopic (exact) mass is 506 g/mol. The number of carbonyl (C=O) groups is 2. The quantitative estimate of drug-likeness (QED) is 0.273. The summed E-state index contributed by atoms with van der Waals surface area (Å²) in [7, 11) is 2.84. The molecule has 3 aromatic rings. The van der Waals surface area contributed by atoms with Crippen molar-refractivity contribution in [3.63, 3.8) is 0 Å². The average Bonchev–Trinajstić information content (AvgIpc) is 3.49. The number of amides is 1. The zero-order valence-electron chi connectivity index (χ0n) is 20.2. The molecule has 9 heteroatoms. The topological polar surface area (TPSA) is 90.6 Å². The highest BCUT2D eigenvalue weighted by Crippen LogP contribution is 2.36. The Hall–Kier alpha value is -3.98. The Kier molecular flexibility index (Phi) is 8.12. The number of amidine groups is 1. The predicted octanol–water partition coefficient (Wildman–Crippen LogP) is 5.67. The molecule has 0 unspecified atom stereocenters. The number of benzene rings is 2. The number of furan rings is 1. The number of hydrogen-bond donors (Lipinski definition) is 0. The Morgan fingerprint density at radius 1 is 1.08 bits per heavy atom. The van der Waals surface area contributed by atoms with Crippen LogP contribution in [0.2, 0.25) is 0 Å². The minimum absolute atomic E-state index is 0.0740. The van der Waals surface area contributed by atoms with Crippen LogP contribution in [-0.2, 0) is 16.1 Å². The summed E-state index contributed by atoms with van der Waals surface area (Å²) in [6, 6.07) is 18.2. The Bertz CT molecular complexity index is 1300. The summed E-state index contributed by atoms with van der Waals surface area (Å²) < 4.78 is 21.4. The molecule has 1 saturated heterocycles. The Morgan fingerprint density at radius 2 is 1.89 bits per heavy atom. The van der Waals surface area contributed by atoms with E-state index in [1.54, 1.807) is 30.2 Å². The maximum Gasteiger partial charge on any atom is 0.373 e. The molecule has 0 saturated carbocycles. The minimum atomic E-state index is -0.551. The second-order valence-electron chi connectivity index (χ2n) is 7.75. The molecule has 0 spiro atoms. The number of rotatable bonds is 9. The van der Waals surface area contributed by atoms with E-state index >= 15 is 0 Å². The number of thioether (sulfide) groups is 1. The summed E-state index contributed by atoms with van der Waals surface area (Å²) in [5.41, 5.74) is 1.59. The van der Waals surface area contributed by atoms with Gasteiger partial charge in [-0.05, 0) is 66.2 Å². The molecule has 186 valence electrons. The van der Waals surface area contributed by atoms with Crippen molar-refractivity contribution < 1.29 is 28.2 Å². The highest BCUT2D eigenvalue weighted by Gasteiger charge is 2.32. The van der Waals surface area contributed by atoms with E-state index in [9.17, 15) is 9.59 Å². The van der Waals surface area contributed by atoms with Gasteiger partial charge < -0.3 is 18.6 Å². The molecule has 0 bridgehead atoms. The predicted molar refractivity (Wildman–Crippen MR) is 138 cm³/mol. The molecular weight excluding hydrogens is 480 g/mol. The van der Waals surface area contributed by atoms with Crippen molar-refractivity contribution in [1.29, 1.82) is 0 Å². The Balaban J connectivity index is 1.52. The van der Waals surface area contributed by atoms with E-state index in [-0.39, 0.29) is 18.3 Å². The van der Waals surface area contributed by atoms with Gasteiger partial charge in [0.1, 0.15) is 12.4 Å². The Labute approximate surface area is 213 Å². The number of aliphatic imine (C=N–C) groups is 1. The van der Waals surface area contributed by atoms with Gasteiger partial charge in [0.2, 0.25) is 5.76 Å². The van der Waals surface area contributed by atoms with Crippen LogP contribution in [0, 0.1) is 0 Å². The van der Waals surface area contributed by atoms with Gasteiger partial charge in [-0.1, -0.05) is 31.2 Å². The van der Waals surface area contributed by atoms with Crippen LogP contribution in [0.25, 0.3) is 6.08 Å². The molecule has 0 aliphatic carbocycles. The smallest absolute Gasteiger partial charge is 0.373 e. The lowest BCUT2D eigenvalue weighted by Crippen LogP contribution is -2.29. The van der Waals surface area contributed by atoms with Gasteiger partial charge in [0.05, 0.1) is 24.8 Å². The Morgan fingerprint density at radius 3 is 2.61 bits per heavy atom. The van der Waals surface area contributed by atoms with Gasteiger partial charge in [0.25, 0.3) is 5.91 Å². The van der Waals surface area contributed by atoms with Crippen molar-refractivity contribution in [2.24, 2.45) is 4.99 Å². The summed E-state index contributed by atoms with van der Waals surface area (Å²) in [6.07, 6.45) is 2.65. The van der Waals surface area contributed by atoms with Gasteiger partial charge in [-0.15, -0.1) is 0 Å². The fourth-order valence-electron chi connectivity index (χ4n) is 3.48. The highest BCUT2D eigenvalue weighted by molar-refractivity contribution is 8.18. The second-order valence-corrected chi connectivity index (χ2v) is 8.76. The van der Waals surface area contributed by atoms with E-state index in [1.165, 1.54) is 24.9 Å². The summed E-state index contributed by atoms with van der Waals surface area (Å²) in [5.74, 6) is 0.956. The second kappa shape index (κ2) is 11.6. The SMILES string of the molecule is CCCN1C(=O)/C(=C\c2ccc(OCc3ccc(C(=O)OC)o3)c(OC)c2)SC1=Nc1ccccc1. The number of carbonyl (C=O) groups excluding carboxylic acids is 2. The number of ether oxygens (including phenoxy) is 3. The van der Waals surface area contributed by atoms with E-state index < -0.39 is 5.97 Å². The van der Waals surface area contributed by atoms with Crippen LogP contribution in [0.1, 0.15) is 35.2 Å². The largest absolute Gasteiger partial charge is 0.493 e. The van der Waals surface area contributed by atoms with Crippen LogP contribution in [0.5, 0.6) is 11.5 Å². The number of methoxy groups -OCH3 is 2. The molecule has 2 aromatic carbocycles. The minimum Gasteiger partial charge on any atom is -0.493 e. The lowest BCUT2D eigenvalue weighted by Gasteiger charge is -2.13. The molecule has 36 heavy (non-hydrogen) atoms. The van der Waals surface area contributed by atoms with Gasteiger partial charge in [-0.3, -0.25) is 9.69 Å². The standard InChI is InChI=1S/C27H26N2O6S/c1-4-14-29-25(30)24(36-27(29)28-19-8-6-5-7-9-19)16-18-10-12-21(23(15-18)32-2)34-17-20-11-13-22(35-20)26(31)33-3/h5-13,15-16H,4,14,17H2,1-3H3/b24-16+,28-27?. The van der Waals surface area contributed by atoms with Crippen LogP contribution < -0.4 is 9.47 Å². The molecule has 4 rings (SSSR count). The van der Waals surface area contributed by atoms with Crippen molar-refractivity contribution >= 4 is 40.6 Å². The van der Waals surface area contributed by atoms with Crippen LogP contribution in [0.15, 0.2) is 75.0 Å². The number of para-hydroxylation sites is 1. The van der Waals surface area contributed by atoms with Gasteiger partial charge >= 0.3 is 5.97 Å². The van der Waals surface area contributed by atoms with Crippen molar-refractivity contribution in [2.75, 3.05) is 20.8 Å². The molecule has 1 aromatic heterocycles. The maximum absolute atomic E-state index is 13.1. The fraction of sp³-hybridized carbons (Fsp3) is 0.222. The zero-order valence-corrected chi connectivity index (χ0v) is 21.0. The van der Waals surface area contributed by atoms with Gasteiger partial charge in [0, 0.05) is 6.54 Å². The lowest BCUT2D eigenvalue weighted by molar-refractivity contribution is -0.122. The normalized spacial score (nSPS) is 15.5. The summed E-state index contributed by atoms with van der Waals surface area (Å²) in [6.45, 7) is 2.73. The van der Waals surface area contributed by atoms with Crippen molar-refractivity contribution in [3.8, 4) is 11.5 Å². The first kappa shape index (κ1) is 25.1. The highest BCUT2D eigenvalue weighted by atomic mass is 32.2. The fourth-order valence-corrected chi connectivity index (χ4v) is 4.51. The van der Waals surface area contributed by atoms with Crippen LogP contribution in [0.3, 0.4) is 0 Å². The first-order chi connectivity index (χ1) is 17.5. The van der Waals surface area contributed by atoms with E-state index in [2.05, 4.69) is 9.73 Å². The third-order valence-corrected chi connectivity index (χ3v) is 6.23. The van der Waals surface area contributed by atoms with Gasteiger partial charge in [-0.2, -0.15) is 0 Å². The molecule has 1 aliphatic heterocycles. The first-order valence-electron chi connectivity index (χ1n) is 11.4. The molecule has 1 amide bonds. The van der Waals surface area contributed by atoms with E-state index in [4.69, 9.17) is 13.9 Å².